The van der Waals surface area contributed by atoms with Gasteiger partial charge in [-0.3, -0.25) is 0 Å². The maximum Gasteiger partial charge on any atom is 0.407 e. The van der Waals surface area contributed by atoms with Crippen LogP contribution < -0.4 is 10.6 Å². The lowest BCUT2D eigenvalue weighted by Gasteiger charge is -2.36. The Hall–Kier alpha value is -1.54. The van der Waals surface area contributed by atoms with E-state index in [0.29, 0.717) is 0 Å². The molecule has 2 fully saturated rings. The van der Waals surface area contributed by atoms with Gasteiger partial charge < -0.3 is 30.3 Å². The zero-order chi connectivity index (χ0) is 21.5. The third-order valence-electron chi connectivity index (χ3n) is 4.71. The van der Waals surface area contributed by atoms with E-state index in [0.717, 1.165) is 25.7 Å². The van der Waals surface area contributed by atoms with Crippen molar-refractivity contribution in [2.45, 2.75) is 90.5 Å². The first-order chi connectivity index (χ1) is 12.8. The minimum Gasteiger partial charge on any atom is -0.444 e. The lowest BCUT2D eigenvalue weighted by molar-refractivity contribution is 0.0377. The predicted molar refractivity (Wildman–Crippen MR) is 106 cm³/mol. The van der Waals surface area contributed by atoms with E-state index in [1.807, 2.05) is 41.5 Å². The molecular weight excluding hydrogens is 364 g/mol. The van der Waals surface area contributed by atoms with Crippen LogP contribution in [0.15, 0.2) is 0 Å². The smallest absolute Gasteiger partial charge is 0.407 e. The van der Waals surface area contributed by atoms with E-state index in [4.69, 9.17) is 19.7 Å². The molecule has 0 bridgehead atoms. The first-order valence-corrected chi connectivity index (χ1v) is 10.1. The minimum absolute atomic E-state index is 0.0925. The standard InChI is InChI=1S/2C10H19NO3/c2*1-10(2,3)14-9(13)11-8-5-4-7(8)6-12/h2*7-8,12H,4-6H2,1-3H3,(H,11,13)/t2*7-,8-/m10/s1. The highest BCUT2D eigenvalue weighted by Crippen LogP contribution is 2.27. The van der Waals surface area contributed by atoms with Gasteiger partial charge in [0.15, 0.2) is 0 Å². The molecule has 0 aromatic carbocycles. The summed E-state index contributed by atoms with van der Waals surface area (Å²) in [5.41, 5.74) is -0.912. The van der Waals surface area contributed by atoms with E-state index < -0.39 is 11.2 Å². The van der Waals surface area contributed by atoms with E-state index in [2.05, 4.69) is 10.6 Å². The van der Waals surface area contributed by atoms with E-state index in [9.17, 15) is 9.59 Å². The Morgan fingerprint density at radius 1 is 0.750 bits per heavy atom. The van der Waals surface area contributed by atoms with Gasteiger partial charge >= 0.3 is 12.2 Å². The first kappa shape index (κ1) is 24.5. The Morgan fingerprint density at radius 2 is 1.07 bits per heavy atom. The molecule has 0 aliphatic heterocycles. The topological polar surface area (TPSA) is 117 Å². The third-order valence-corrected chi connectivity index (χ3v) is 4.71. The maximum absolute atomic E-state index is 11.3. The monoisotopic (exact) mass is 402 g/mol. The van der Waals surface area contributed by atoms with Crippen LogP contribution in [0.25, 0.3) is 0 Å². The highest BCUT2D eigenvalue weighted by Gasteiger charge is 2.33. The number of carbonyl (C=O) groups is 2. The molecule has 2 rings (SSSR count). The second kappa shape index (κ2) is 10.3. The molecule has 0 radical (unpaired) electrons. The fourth-order valence-electron chi connectivity index (χ4n) is 2.87. The molecule has 0 spiro atoms. The fourth-order valence-corrected chi connectivity index (χ4v) is 2.87. The van der Waals surface area contributed by atoms with E-state index >= 15 is 0 Å². The van der Waals surface area contributed by atoms with Crippen molar-refractivity contribution >= 4 is 12.2 Å². The molecule has 4 atom stereocenters. The molecule has 2 aliphatic carbocycles. The van der Waals surface area contributed by atoms with Gasteiger partial charge in [-0.1, -0.05) is 0 Å². The van der Waals surface area contributed by atoms with Crippen LogP contribution in [0.2, 0.25) is 0 Å². The average molecular weight is 403 g/mol. The Bertz CT molecular complexity index is 462. The number of aliphatic hydroxyl groups is 2. The lowest BCUT2D eigenvalue weighted by Crippen LogP contribution is -2.49. The van der Waals surface area contributed by atoms with E-state index in [-0.39, 0.29) is 49.3 Å². The van der Waals surface area contributed by atoms with Gasteiger partial charge in [0.05, 0.1) is 0 Å². The minimum atomic E-state index is -0.456. The van der Waals surface area contributed by atoms with Gasteiger partial charge in [0.1, 0.15) is 11.2 Å². The molecule has 2 saturated carbocycles. The molecular formula is C20H38N2O6. The number of nitrogens with one attached hydrogen (secondary N) is 2. The first-order valence-electron chi connectivity index (χ1n) is 10.1. The van der Waals surface area contributed by atoms with Crippen molar-refractivity contribution in [1.82, 2.24) is 10.6 Å². The van der Waals surface area contributed by atoms with E-state index in [1.54, 1.807) is 0 Å². The largest absolute Gasteiger partial charge is 0.444 e. The van der Waals surface area contributed by atoms with Crippen molar-refractivity contribution in [1.29, 1.82) is 0 Å². The summed E-state index contributed by atoms with van der Waals surface area (Å²) in [6.45, 7) is 11.3. The van der Waals surface area contributed by atoms with Gasteiger partial charge in [0, 0.05) is 37.1 Å². The summed E-state index contributed by atoms with van der Waals surface area (Å²) in [5.74, 6) is 0.421. The van der Waals surface area contributed by atoms with Crippen molar-refractivity contribution in [3.63, 3.8) is 0 Å². The maximum atomic E-state index is 11.3. The summed E-state index contributed by atoms with van der Waals surface area (Å²) < 4.78 is 10.2. The normalized spacial score (nSPS) is 26.6. The summed E-state index contributed by atoms with van der Waals surface area (Å²) in [6, 6.07) is 0.185. The van der Waals surface area contributed by atoms with Crippen LogP contribution >= 0.6 is 0 Å². The molecule has 0 aromatic rings. The molecule has 8 heteroatoms. The van der Waals surface area contributed by atoms with Crippen LogP contribution in [0.1, 0.15) is 67.2 Å². The summed E-state index contributed by atoms with van der Waals surface area (Å²) in [5, 5.41) is 23.3. The number of amides is 2. The van der Waals surface area contributed by atoms with Crippen LogP contribution in [0, 0.1) is 11.8 Å². The van der Waals surface area contributed by atoms with Crippen LogP contribution in [0.5, 0.6) is 0 Å². The van der Waals surface area contributed by atoms with Crippen LogP contribution in [-0.2, 0) is 9.47 Å². The van der Waals surface area contributed by atoms with Crippen molar-refractivity contribution in [3.8, 4) is 0 Å². The van der Waals surface area contributed by atoms with Crippen LogP contribution in [-0.4, -0.2) is 58.9 Å². The number of rotatable bonds is 4. The Morgan fingerprint density at radius 3 is 1.25 bits per heavy atom. The number of aliphatic hydroxyl groups excluding tert-OH is 2. The number of hydrogen-bond acceptors (Lipinski definition) is 6. The van der Waals surface area contributed by atoms with Crippen LogP contribution in [0.4, 0.5) is 9.59 Å². The molecule has 4 N–H and O–H groups in total. The molecule has 2 aliphatic rings. The molecule has 0 unspecified atom stereocenters. The second-order valence-electron chi connectivity index (χ2n) is 9.55. The van der Waals surface area contributed by atoms with Gasteiger partial charge in [0.2, 0.25) is 0 Å². The number of hydrogen-bond donors (Lipinski definition) is 4. The van der Waals surface area contributed by atoms with Gasteiger partial charge in [-0.25, -0.2) is 9.59 Å². The molecule has 28 heavy (non-hydrogen) atoms. The Kier molecular flexibility index (Phi) is 9.01. The second-order valence-corrected chi connectivity index (χ2v) is 9.55. The third kappa shape index (κ3) is 9.10. The van der Waals surface area contributed by atoms with Gasteiger partial charge in [-0.15, -0.1) is 0 Å². The van der Waals surface area contributed by atoms with Crippen LogP contribution in [0.3, 0.4) is 0 Å². The van der Waals surface area contributed by atoms with E-state index in [1.165, 1.54) is 0 Å². The SMILES string of the molecule is CC(C)(C)OC(=O)N[C@@H]1CC[C@@H]1CO.CC(C)(C)OC(=O)N[C@H]1CC[C@H]1CO. The number of alkyl carbamates (subject to hydrolysis) is 2. The van der Waals surface area contributed by atoms with Crippen molar-refractivity contribution in [2.75, 3.05) is 13.2 Å². The highest BCUT2D eigenvalue weighted by molar-refractivity contribution is 5.68. The lowest BCUT2D eigenvalue weighted by atomic mass is 9.80. The zero-order valence-corrected chi connectivity index (χ0v) is 18.1. The predicted octanol–water partition coefficient (Wildman–Crippen LogP) is 2.56. The summed E-state index contributed by atoms with van der Waals surface area (Å²) in [7, 11) is 0. The molecule has 0 aromatic heterocycles. The molecule has 164 valence electrons. The molecule has 0 saturated heterocycles. The summed E-state index contributed by atoms with van der Waals surface area (Å²) in [6.07, 6.45) is 3.06. The van der Waals surface area contributed by atoms with Gasteiger partial charge in [-0.2, -0.15) is 0 Å². The number of ether oxygens (including phenoxy) is 2. The quantitative estimate of drug-likeness (QED) is 0.574. The fraction of sp³-hybridized carbons (Fsp3) is 0.900. The van der Waals surface area contributed by atoms with Crippen molar-refractivity contribution in [2.24, 2.45) is 11.8 Å². The summed E-state index contributed by atoms with van der Waals surface area (Å²) >= 11 is 0. The Balaban J connectivity index is 0.000000280. The summed E-state index contributed by atoms with van der Waals surface area (Å²) in [4.78, 5) is 22.6. The van der Waals surface area contributed by atoms with Gasteiger partial charge in [-0.05, 0) is 67.2 Å². The number of carbonyl (C=O) groups excluding carboxylic acids is 2. The zero-order valence-electron chi connectivity index (χ0n) is 18.1. The highest BCUT2D eigenvalue weighted by atomic mass is 16.6. The average Bonchev–Trinajstić information content (AvgIpc) is 2.46. The van der Waals surface area contributed by atoms with Crippen molar-refractivity contribution < 1.29 is 29.3 Å². The van der Waals surface area contributed by atoms with Gasteiger partial charge in [0.25, 0.3) is 0 Å². The molecule has 2 amide bonds. The molecule has 0 heterocycles. The Labute approximate surface area is 168 Å². The molecule has 8 nitrogen and oxygen atoms in total. The van der Waals surface area contributed by atoms with Crippen molar-refractivity contribution in [3.05, 3.63) is 0 Å².